The second-order valence-corrected chi connectivity index (χ2v) is 4.88. The van der Waals surface area contributed by atoms with Crippen LogP contribution < -0.4 is 10.9 Å². The summed E-state index contributed by atoms with van der Waals surface area (Å²) in [6.07, 6.45) is 3.83. The third-order valence-electron chi connectivity index (χ3n) is 3.42. The van der Waals surface area contributed by atoms with Crippen LogP contribution in [0.25, 0.3) is 0 Å². The van der Waals surface area contributed by atoms with Crippen molar-refractivity contribution in [1.82, 2.24) is 9.78 Å². The number of aryl methyl sites for hydroxylation is 1. The summed E-state index contributed by atoms with van der Waals surface area (Å²) in [5.41, 5.74) is 0.395. The number of hydrogen-bond donors (Lipinski definition) is 1. The summed E-state index contributed by atoms with van der Waals surface area (Å²) >= 11 is 6.08. The highest BCUT2D eigenvalue weighted by atomic mass is 35.5. The lowest BCUT2D eigenvalue weighted by atomic mass is 9.95. The molecule has 1 aromatic heterocycles. The lowest BCUT2D eigenvalue weighted by Gasteiger charge is -2.23. The molecule has 1 heterocycles. The maximum atomic E-state index is 11.8. The Hall–Kier alpha value is -1.03. The summed E-state index contributed by atoms with van der Waals surface area (Å²) in [6.45, 7) is 8.84. The van der Waals surface area contributed by atoms with Crippen molar-refractivity contribution in [2.75, 3.05) is 5.32 Å². The molecule has 0 aliphatic rings. The predicted molar refractivity (Wildman–Crippen MR) is 76.3 cm³/mol. The molecule has 4 nitrogen and oxygen atoms in total. The van der Waals surface area contributed by atoms with Gasteiger partial charge in [-0.25, -0.2) is 4.68 Å². The molecule has 102 valence electrons. The fraction of sp³-hybridized carbons (Fsp3) is 0.692. The van der Waals surface area contributed by atoms with E-state index in [1.165, 1.54) is 4.68 Å². The lowest BCUT2D eigenvalue weighted by Crippen LogP contribution is -2.28. The van der Waals surface area contributed by atoms with Crippen LogP contribution in [-0.2, 0) is 6.54 Å². The molecule has 0 bridgehead atoms. The second kappa shape index (κ2) is 6.78. The SMILES string of the molecule is CCC(CC)C(C)Nc1cnn(CC)c(=O)c1Cl. The maximum Gasteiger partial charge on any atom is 0.287 e. The first-order chi connectivity index (χ1) is 8.54. The molecule has 1 rings (SSSR count). The van der Waals surface area contributed by atoms with Gasteiger partial charge in [-0.1, -0.05) is 38.3 Å². The van der Waals surface area contributed by atoms with E-state index in [0.717, 1.165) is 12.8 Å². The molecule has 18 heavy (non-hydrogen) atoms. The summed E-state index contributed by atoms with van der Waals surface area (Å²) in [7, 11) is 0. The molecule has 0 radical (unpaired) electrons. The summed E-state index contributed by atoms with van der Waals surface area (Å²) < 4.78 is 1.36. The van der Waals surface area contributed by atoms with Gasteiger partial charge in [-0.05, 0) is 19.8 Å². The van der Waals surface area contributed by atoms with Crippen LogP contribution in [0.2, 0.25) is 5.02 Å². The Morgan fingerprint density at radius 3 is 2.50 bits per heavy atom. The van der Waals surface area contributed by atoms with Crippen LogP contribution in [0.4, 0.5) is 5.69 Å². The Morgan fingerprint density at radius 2 is 2.00 bits per heavy atom. The van der Waals surface area contributed by atoms with Gasteiger partial charge in [-0.2, -0.15) is 5.10 Å². The van der Waals surface area contributed by atoms with E-state index in [-0.39, 0.29) is 16.6 Å². The van der Waals surface area contributed by atoms with Gasteiger partial charge in [0.2, 0.25) is 0 Å². The van der Waals surface area contributed by atoms with E-state index in [1.807, 2.05) is 6.92 Å². The third-order valence-corrected chi connectivity index (χ3v) is 3.79. The van der Waals surface area contributed by atoms with Crippen molar-refractivity contribution in [3.63, 3.8) is 0 Å². The van der Waals surface area contributed by atoms with Crippen molar-refractivity contribution < 1.29 is 0 Å². The van der Waals surface area contributed by atoms with E-state index >= 15 is 0 Å². The fourth-order valence-corrected chi connectivity index (χ4v) is 2.35. The Bertz CT molecular complexity index is 440. The van der Waals surface area contributed by atoms with Gasteiger partial charge < -0.3 is 5.32 Å². The van der Waals surface area contributed by atoms with Crippen LogP contribution in [0.15, 0.2) is 11.0 Å². The van der Waals surface area contributed by atoms with Crippen molar-refractivity contribution in [1.29, 1.82) is 0 Å². The van der Waals surface area contributed by atoms with Gasteiger partial charge in [0.25, 0.3) is 5.56 Å². The highest BCUT2D eigenvalue weighted by Gasteiger charge is 2.16. The Labute approximate surface area is 113 Å². The Kier molecular flexibility index (Phi) is 5.66. The maximum absolute atomic E-state index is 11.8. The van der Waals surface area contributed by atoms with Crippen LogP contribution in [-0.4, -0.2) is 15.8 Å². The zero-order valence-corrected chi connectivity index (χ0v) is 12.3. The minimum absolute atomic E-state index is 0.227. The minimum Gasteiger partial charge on any atom is -0.380 e. The first-order valence-corrected chi connectivity index (χ1v) is 6.94. The van der Waals surface area contributed by atoms with Crippen LogP contribution in [0, 0.1) is 5.92 Å². The van der Waals surface area contributed by atoms with Crippen LogP contribution in [0.1, 0.15) is 40.5 Å². The van der Waals surface area contributed by atoms with Crippen molar-refractivity contribution in [3.05, 3.63) is 21.6 Å². The van der Waals surface area contributed by atoms with Gasteiger partial charge in [-0.15, -0.1) is 0 Å². The van der Waals surface area contributed by atoms with Gasteiger partial charge in [0.05, 0.1) is 11.9 Å². The van der Waals surface area contributed by atoms with E-state index < -0.39 is 0 Å². The number of halogens is 1. The second-order valence-electron chi connectivity index (χ2n) is 4.50. The van der Waals surface area contributed by atoms with E-state index in [2.05, 4.69) is 31.2 Å². The normalized spacial score (nSPS) is 12.8. The average Bonchev–Trinajstić information content (AvgIpc) is 2.37. The van der Waals surface area contributed by atoms with Gasteiger partial charge >= 0.3 is 0 Å². The molecule has 1 N–H and O–H groups in total. The molecule has 1 atom stereocenters. The number of rotatable bonds is 6. The molecule has 0 fully saturated rings. The van der Waals surface area contributed by atoms with E-state index in [9.17, 15) is 4.79 Å². The van der Waals surface area contributed by atoms with Gasteiger partial charge in [-0.3, -0.25) is 4.79 Å². The highest BCUT2D eigenvalue weighted by molar-refractivity contribution is 6.32. The van der Waals surface area contributed by atoms with Crippen LogP contribution >= 0.6 is 11.6 Å². The van der Waals surface area contributed by atoms with Crippen LogP contribution in [0.5, 0.6) is 0 Å². The molecule has 0 amide bonds. The quantitative estimate of drug-likeness (QED) is 0.865. The van der Waals surface area contributed by atoms with Crippen molar-refractivity contribution in [3.8, 4) is 0 Å². The first-order valence-electron chi connectivity index (χ1n) is 6.57. The molecule has 0 aromatic carbocycles. The average molecular weight is 272 g/mol. The summed E-state index contributed by atoms with van der Waals surface area (Å²) in [5, 5.41) is 7.60. The highest BCUT2D eigenvalue weighted by Crippen LogP contribution is 2.21. The molecule has 0 saturated carbocycles. The standard InChI is InChI=1S/C13H22ClN3O/c1-5-10(6-2)9(4)16-11-8-15-17(7-3)13(18)12(11)14/h8-10,16H,5-7H2,1-4H3. The lowest BCUT2D eigenvalue weighted by molar-refractivity contribution is 0.437. The van der Waals surface area contributed by atoms with Crippen LogP contribution in [0.3, 0.4) is 0 Å². The minimum atomic E-state index is -0.235. The smallest absolute Gasteiger partial charge is 0.287 e. The van der Waals surface area contributed by atoms with Crippen molar-refractivity contribution >= 4 is 17.3 Å². The largest absolute Gasteiger partial charge is 0.380 e. The zero-order valence-electron chi connectivity index (χ0n) is 11.5. The molecule has 0 spiro atoms. The Balaban J connectivity index is 2.92. The Morgan fingerprint density at radius 1 is 1.39 bits per heavy atom. The molecular weight excluding hydrogens is 250 g/mol. The van der Waals surface area contributed by atoms with Gasteiger partial charge in [0.15, 0.2) is 0 Å². The summed E-state index contributed by atoms with van der Waals surface area (Å²) in [4.78, 5) is 11.8. The predicted octanol–water partition coefficient (Wildman–Crippen LogP) is 3.15. The molecule has 0 saturated heterocycles. The third kappa shape index (κ3) is 3.25. The summed E-state index contributed by atoms with van der Waals surface area (Å²) in [6, 6.07) is 0.274. The topological polar surface area (TPSA) is 46.9 Å². The van der Waals surface area contributed by atoms with Crippen molar-refractivity contribution in [2.24, 2.45) is 5.92 Å². The molecule has 1 unspecified atom stereocenters. The first kappa shape index (κ1) is 15.0. The number of hydrogen-bond acceptors (Lipinski definition) is 3. The molecule has 0 aliphatic heterocycles. The number of nitrogens with one attached hydrogen (secondary N) is 1. The number of anilines is 1. The van der Waals surface area contributed by atoms with E-state index in [1.54, 1.807) is 6.20 Å². The van der Waals surface area contributed by atoms with Gasteiger partial charge in [0.1, 0.15) is 5.02 Å². The number of nitrogens with zero attached hydrogens (tertiary/aromatic N) is 2. The molecule has 0 aliphatic carbocycles. The monoisotopic (exact) mass is 271 g/mol. The van der Waals surface area contributed by atoms with E-state index in [4.69, 9.17) is 11.6 Å². The van der Waals surface area contributed by atoms with E-state index in [0.29, 0.717) is 18.2 Å². The summed E-state index contributed by atoms with van der Waals surface area (Å²) in [5.74, 6) is 0.565. The molecular formula is C13H22ClN3O. The number of aromatic nitrogens is 2. The fourth-order valence-electron chi connectivity index (χ4n) is 2.15. The molecule has 5 heteroatoms. The van der Waals surface area contributed by atoms with Crippen molar-refractivity contribution in [2.45, 2.75) is 53.1 Å². The molecule has 1 aromatic rings. The zero-order chi connectivity index (χ0) is 13.7. The van der Waals surface area contributed by atoms with Gasteiger partial charge in [0, 0.05) is 12.6 Å².